The number of benzene rings is 1. The molecule has 21 heavy (non-hydrogen) atoms. The van der Waals surface area contributed by atoms with Crippen molar-refractivity contribution in [2.45, 2.75) is 36.8 Å². The van der Waals surface area contributed by atoms with Gasteiger partial charge in [-0.25, -0.2) is 8.42 Å². The Kier molecular flexibility index (Phi) is 4.66. The minimum atomic E-state index is -3.48. The van der Waals surface area contributed by atoms with Crippen molar-refractivity contribution in [2.75, 3.05) is 18.8 Å². The minimum Gasteiger partial charge on any atom is -0.207 e. The van der Waals surface area contributed by atoms with Crippen molar-refractivity contribution in [3.63, 3.8) is 0 Å². The Morgan fingerprint density at radius 3 is 2.67 bits per heavy atom. The zero-order valence-corrected chi connectivity index (χ0v) is 14.2. The number of thioether (sulfide) groups is 1. The van der Waals surface area contributed by atoms with Gasteiger partial charge in [-0.2, -0.15) is 21.3 Å². The summed E-state index contributed by atoms with van der Waals surface area (Å²) in [5.74, 6) is 0.807. The molecule has 4 nitrogen and oxygen atoms in total. The molecule has 0 aromatic heterocycles. The van der Waals surface area contributed by atoms with Crippen LogP contribution in [0.3, 0.4) is 0 Å². The van der Waals surface area contributed by atoms with E-state index in [4.69, 9.17) is 5.26 Å². The van der Waals surface area contributed by atoms with Gasteiger partial charge in [-0.05, 0) is 37.1 Å². The fourth-order valence-electron chi connectivity index (χ4n) is 2.39. The van der Waals surface area contributed by atoms with Crippen molar-refractivity contribution in [1.82, 2.24) is 4.31 Å². The van der Waals surface area contributed by atoms with E-state index in [9.17, 15) is 8.42 Å². The van der Waals surface area contributed by atoms with Crippen molar-refractivity contribution >= 4 is 21.8 Å². The van der Waals surface area contributed by atoms with Crippen LogP contribution in [0.4, 0.5) is 0 Å². The zero-order chi connectivity index (χ0) is 15.7. The molecule has 0 saturated carbocycles. The first-order valence-corrected chi connectivity index (χ1v) is 9.34. The largest absolute Gasteiger partial charge is 0.243 e. The smallest absolute Gasteiger partial charge is 0.207 e. The van der Waals surface area contributed by atoms with E-state index in [1.807, 2.05) is 17.8 Å². The molecule has 114 valence electrons. The lowest BCUT2D eigenvalue weighted by Gasteiger charge is -2.23. The van der Waals surface area contributed by atoms with Crippen LogP contribution in [0.1, 0.15) is 31.4 Å². The maximum atomic E-state index is 12.8. The highest BCUT2D eigenvalue weighted by molar-refractivity contribution is 8.00. The summed E-state index contributed by atoms with van der Waals surface area (Å²) in [4.78, 5) is 0.311. The van der Waals surface area contributed by atoms with Gasteiger partial charge in [0.25, 0.3) is 0 Å². The molecule has 2 rings (SSSR count). The van der Waals surface area contributed by atoms with Gasteiger partial charge in [0.2, 0.25) is 10.0 Å². The quantitative estimate of drug-likeness (QED) is 0.839. The molecule has 1 aliphatic heterocycles. The molecule has 0 aliphatic carbocycles. The second-order valence-electron chi connectivity index (χ2n) is 5.85. The molecule has 0 spiro atoms. The van der Waals surface area contributed by atoms with E-state index in [2.05, 4.69) is 13.8 Å². The van der Waals surface area contributed by atoms with Crippen LogP contribution in [-0.2, 0) is 10.0 Å². The molecule has 1 aliphatic rings. The maximum absolute atomic E-state index is 12.8. The van der Waals surface area contributed by atoms with Crippen LogP contribution < -0.4 is 0 Å². The van der Waals surface area contributed by atoms with Gasteiger partial charge in [0.05, 0.1) is 16.5 Å². The Bertz CT molecular complexity index is 675. The number of hydrogen-bond donors (Lipinski definition) is 0. The van der Waals surface area contributed by atoms with Gasteiger partial charge < -0.3 is 0 Å². The predicted octanol–water partition coefficient (Wildman–Crippen LogP) is 2.77. The van der Waals surface area contributed by atoms with Crippen LogP contribution in [0.2, 0.25) is 0 Å². The third-order valence-electron chi connectivity index (χ3n) is 3.72. The second-order valence-corrected chi connectivity index (χ2v) is 9.56. The van der Waals surface area contributed by atoms with E-state index in [-0.39, 0.29) is 4.75 Å². The monoisotopic (exact) mass is 324 g/mol. The van der Waals surface area contributed by atoms with Gasteiger partial charge in [-0.1, -0.05) is 13.8 Å². The molecule has 1 aromatic rings. The molecular weight excluding hydrogens is 304 g/mol. The van der Waals surface area contributed by atoms with Crippen molar-refractivity contribution in [2.24, 2.45) is 0 Å². The lowest BCUT2D eigenvalue weighted by Crippen LogP contribution is -2.34. The first-order valence-electron chi connectivity index (χ1n) is 6.91. The van der Waals surface area contributed by atoms with E-state index < -0.39 is 10.0 Å². The third-order valence-corrected chi connectivity index (χ3v) is 7.15. The summed E-state index contributed by atoms with van der Waals surface area (Å²) < 4.78 is 27.3. The molecule has 1 heterocycles. The summed E-state index contributed by atoms with van der Waals surface area (Å²) in [7, 11) is -3.48. The highest BCUT2D eigenvalue weighted by atomic mass is 32.2. The SMILES string of the molecule is Cc1cc(C#N)ccc1S(=O)(=O)N1CCSC(C)(C)CC1. The van der Waals surface area contributed by atoms with Crippen LogP contribution in [0, 0.1) is 18.3 Å². The lowest BCUT2D eigenvalue weighted by molar-refractivity contribution is 0.415. The highest BCUT2D eigenvalue weighted by Crippen LogP contribution is 2.32. The number of aryl methyl sites for hydroxylation is 1. The predicted molar refractivity (Wildman–Crippen MR) is 85.8 cm³/mol. The van der Waals surface area contributed by atoms with Gasteiger partial charge >= 0.3 is 0 Å². The molecule has 0 radical (unpaired) electrons. The summed E-state index contributed by atoms with van der Waals surface area (Å²) in [6.45, 7) is 7.13. The van der Waals surface area contributed by atoms with E-state index in [1.165, 1.54) is 0 Å². The fourth-order valence-corrected chi connectivity index (χ4v) is 5.25. The molecule has 0 amide bonds. The highest BCUT2D eigenvalue weighted by Gasteiger charge is 2.31. The van der Waals surface area contributed by atoms with Gasteiger partial charge in [-0.15, -0.1) is 0 Å². The van der Waals surface area contributed by atoms with E-state index in [0.29, 0.717) is 29.1 Å². The number of hydrogen-bond acceptors (Lipinski definition) is 4. The van der Waals surface area contributed by atoms with Gasteiger partial charge in [-0.3, -0.25) is 0 Å². The maximum Gasteiger partial charge on any atom is 0.243 e. The van der Waals surface area contributed by atoms with Crippen LogP contribution >= 0.6 is 11.8 Å². The molecule has 1 aromatic carbocycles. The molecule has 6 heteroatoms. The Morgan fingerprint density at radius 2 is 2.05 bits per heavy atom. The average Bonchev–Trinajstić information content (AvgIpc) is 2.59. The molecule has 0 atom stereocenters. The standard InChI is InChI=1S/C15H20N2O2S2/c1-12-10-13(11-16)4-5-14(12)21(18,19)17-7-6-15(2,3)20-9-8-17/h4-5,10H,6-9H2,1-3H3. The van der Waals surface area contributed by atoms with Crippen LogP contribution in [0.15, 0.2) is 23.1 Å². The Hall–Kier alpha value is -1.03. The average molecular weight is 324 g/mol. The first kappa shape index (κ1) is 16.3. The molecule has 0 bridgehead atoms. The van der Waals surface area contributed by atoms with Crippen molar-refractivity contribution < 1.29 is 8.42 Å². The zero-order valence-electron chi connectivity index (χ0n) is 12.6. The van der Waals surface area contributed by atoms with Crippen LogP contribution in [0.25, 0.3) is 0 Å². The van der Waals surface area contributed by atoms with Crippen molar-refractivity contribution in [3.05, 3.63) is 29.3 Å². The van der Waals surface area contributed by atoms with E-state index in [1.54, 1.807) is 29.4 Å². The van der Waals surface area contributed by atoms with Gasteiger partial charge in [0.15, 0.2) is 0 Å². The van der Waals surface area contributed by atoms with Crippen molar-refractivity contribution in [3.8, 4) is 6.07 Å². The summed E-state index contributed by atoms with van der Waals surface area (Å²) in [6.07, 6.45) is 0.840. The Morgan fingerprint density at radius 1 is 1.33 bits per heavy atom. The minimum absolute atomic E-state index is 0.115. The number of nitriles is 1. The van der Waals surface area contributed by atoms with Crippen molar-refractivity contribution in [1.29, 1.82) is 5.26 Å². The molecule has 0 unspecified atom stereocenters. The summed E-state index contributed by atoms with van der Waals surface area (Å²) in [5.41, 5.74) is 1.12. The van der Waals surface area contributed by atoms with Gasteiger partial charge in [0, 0.05) is 23.6 Å². The van der Waals surface area contributed by atoms with Crippen LogP contribution in [-0.4, -0.2) is 36.3 Å². The van der Waals surface area contributed by atoms with Gasteiger partial charge in [0.1, 0.15) is 0 Å². The lowest BCUT2D eigenvalue weighted by atomic mass is 10.1. The number of sulfonamides is 1. The normalized spacial score (nSPS) is 19.7. The molecular formula is C15H20N2O2S2. The Labute approximate surface area is 131 Å². The van der Waals surface area contributed by atoms with E-state index >= 15 is 0 Å². The molecule has 1 saturated heterocycles. The first-order chi connectivity index (χ1) is 9.76. The second kappa shape index (κ2) is 5.99. The number of nitrogens with zero attached hydrogens (tertiary/aromatic N) is 2. The molecule has 1 fully saturated rings. The van der Waals surface area contributed by atoms with Crippen LogP contribution in [0.5, 0.6) is 0 Å². The summed E-state index contributed by atoms with van der Waals surface area (Å²) >= 11 is 1.82. The topological polar surface area (TPSA) is 61.2 Å². The number of rotatable bonds is 2. The van der Waals surface area contributed by atoms with E-state index in [0.717, 1.165) is 12.2 Å². The third kappa shape index (κ3) is 3.60. The molecule has 0 N–H and O–H groups in total. The fraction of sp³-hybridized carbons (Fsp3) is 0.533. The summed E-state index contributed by atoms with van der Waals surface area (Å²) in [5, 5.41) is 8.89. The Balaban J connectivity index is 2.32. The summed E-state index contributed by atoms with van der Waals surface area (Å²) in [6, 6.07) is 6.78.